The molecule has 2 aromatic rings. The lowest BCUT2D eigenvalue weighted by atomic mass is 10.1. The number of hydrogen-bond donors (Lipinski definition) is 1. The Bertz CT molecular complexity index is 950. The van der Waals surface area contributed by atoms with Crippen LogP contribution in [0.1, 0.15) is 27.0 Å². The monoisotopic (exact) mass is 393 g/mol. The Hall–Kier alpha value is -3.09. The van der Waals surface area contributed by atoms with Crippen LogP contribution in [0.5, 0.6) is 0 Å². The van der Waals surface area contributed by atoms with Gasteiger partial charge in [0, 0.05) is 56.7 Å². The number of urea groups is 1. The molecule has 29 heavy (non-hydrogen) atoms. The zero-order chi connectivity index (χ0) is 20.5. The normalized spacial score (nSPS) is 16.9. The molecule has 2 aliphatic rings. The number of nitrogens with zero attached hydrogens (tertiary/aromatic N) is 4. The maximum absolute atomic E-state index is 13.1. The SMILES string of the molecule is Cc1cnc(N2CCN(C(=O)c3ccc(N4CCNC4=O)cc3C)CC2)c(C)c1. The third-order valence-electron chi connectivity index (χ3n) is 5.66. The van der Waals surface area contributed by atoms with E-state index in [1.165, 1.54) is 5.56 Å². The van der Waals surface area contributed by atoms with Crippen molar-refractivity contribution in [3.8, 4) is 0 Å². The van der Waals surface area contributed by atoms with E-state index in [0.717, 1.165) is 35.7 Å². The second kappa shape index (κ2) is 7.73. The summed E-state index contributed by atoms with van der Waals surface area (Å²) in [5.74, 6) is 1.06. The lowest BCUT2D eigenvalue weighted by Gasteiger charge is -2.36. The first kappa shape index (κ1) is 19.2. The number of anilines is 2. The molecule has 3 heterocycles. The van der Waals surface area contributed by atoms with Crippen LogP contribution in [0.4, 0.5) is 16.3 Å². The summed E-state index contributed by atoms with van der Waals surface area (Å²) >= 11 is 0. The van der Waals surface area contributed by atoms with Gasteiger partial charge in [0.05, 0.1) is 0 Å². The van der Waals surface area contributed by atoms with Crippen molar-refractivity contribution in [2.45, 2.75) is 20.8 Å². The molecule has 1 aromatic carbocycles. The molecule has 2 saturated heterocycles. The molecule has 0 unspecified atom stereocenters. The van der Waals surface area contributed by atoms with Crippen LogP contribution in [0.15, 0.2) is 30.5 Å². The van der Waals surface area contributed by atoms with Gasteiger partial charge in [-0.2, -0.15) is 0 Å². The third kappa shape index (κ3) is 3.77. The first-order valence-electron chi connectivity index (χ1n) is 10.1. The zero-order valence-corrected chi connectivity index (χ0v) is 17.2. The predicted molar refractivity (Wildman–Crippen MR) is 114 cm³/mol. The van der Waals surface area contributed by atoms with E-state index in [0.29, 0.717) is 31.7 Å². The molecule has 2 fully saturated rings. The number of hydrogen-bond acceptors (Lipinski definition) is 4. The Morgan fingerprint density at radius 3 is 2.38 bits per heavy atom. The highest BCUT2D eigenvalue weighted by Crippen LogP contribution is 2.23. The lowest BCUT2D eigenvalue weighted by molar-refractivity contribution is 0.0746. The summed E-state index contributed by atoms with van der Waals surface area (Å²) in [6, 6.07) is 7.69. The van der Waals surface area contributed by atoms with Crippen molar-refractivity contribution in [1.29, 1.82) is 0 Å². The summed E-state index contributed by atoms with van der Waals surface area (Å²) in [6.45, 7) is 10.2. The van der Waals surface area contributed by atoms with Crippen LogP contribution in [-0.2, 0) is 0 Å². The summed E-state index contributed by atoms with van der Waals surface area (Å²) in [5, 5.41) is 2.80. The molecule has 1 N–H and O–H groups in total. The van der Waals surface area contributed by atoms with Crippen LogP contribution in [0.25, 0.3) is 0 Å². The van der Waals surface area contributed by atoms with E-state index in [1.54, 1.807) is 4.90 Å². The zero-order valence-electron chi connectivity index (χ0n) is 17.2. The van der Waals surface area contributed by atoms with Gasteiger partial charge in [0.2, 0.25) is 0 Å². The van der Waals surface area contributed by atoms with Gasteiger partial charge in [0.1, 0.15) is 5.82 Å². The number of pyridine rings is 1. The van der Waals surface area contributed by atoms with Gasteiger partial charge in [-0.3, -0.25) is 9.69 Å². The van der Waals surface area contributed by atoms with Crippen LogP contribution in [0, 0.1) is 20.8 Å². The fraction of sp³-hybridized carbons (Fsp3) is 0.409. The van der Waals surface area contributed by atoms with Crippen LogP contribution < -0.4 is 15.1 Å². The molecule has 0 aliphatic carbocycles. The molecule has 7 heteroatoms. The predicted octanol–water partition coefficient (Wildman–Crippen LogP) is 2.50. The number of aryl methyl sites for hydroxylation is 3. The Morgan fingerprint density at radius 1 is 1.00 bits per heavy atom. The smallest absolute Gasteiger partial charge is 0.321 e. The van der Waals surface area contributed by atoms with Gasteiger partial charge in [-0.25, -0.2) is 9.78 Å². The summed E-state index contributed by atoms with van der Waals surface area (Å²) in [5.41, 5.74) is 4.75. The lowest BCUT2D eigenvalue weighted by Crippen LogP contribution is -2.49. The third-order valence-corrected chi connectivity index (χ3v) is 5.66. The Balaban J connectivity index is 1.43. The fourth-order valence-corrected chi connectivity index (χ4v) is 4.10. The van der Waals surface area contributed by atoms with Crippen molar-refractivity contribution in [3.05, 3.63) is 52.7 Å². The molecule has 0 radical (unpaired) electrons. The number of piperazine rings is 1. The minimum Gasteiger partial charge on any atom is -0.353 e. The first-order chi connectivity index (χ1) is 13.9. The van der Waals surface area contributed by atoms with Gasteiger partial charge in [-0.1, -0.05) is 6.07 Å². The molecule has 0 saturated carbocycles. The molecule has 0 spiro atoms. The van der Waals surface area contributed by atoms with Gasteiger partial charge in [-0.15, -0.1) is 0 Å². The molecule has 152 valence electrons. The topological polar surface area (TPSA) is 68.8 Å². The summed E-state index contributed by atoms with van der Waals surface area (Å²) in [7, 11) is 0. The average molecular weight is 393 g/mol. The summed E-state index contributed by atoms with van der Waals surface area (Å²) in [4.78, 5) is 35.4. The van der Waals surface area contributed by atoms with Crippen molar-refractivity contribution < 1.29 is 9.59 Å². The van der Waals surface area contributed by atoms with E-state index in [-0.39, 0.29) is 11.9 Å². The van der Waals surface area contributed by atoms with Gasteiger partial charge in [0.15, 0.2) is 0 Å². The molecule has 2 aliphatic heterocycles. The van der Waals surface area contributed by atoms with Crippen molar-refractivity contribution in [1.82, 2.24) is 15.2 Å². The molecule has 7 nitrogen and oxygen atoms in total. The number of amides is 3. The highest BCUT2D eigenvalue weighted by molar-refractivity contribution is 5.98. The van der Waals surface area contributed by atoms with Crippen molar-refractivity contribution in [3.63, 3.8) is 0 Å². The number of nitrogens with one attached hydrogen (secondary N) is 1. The van der Waals surface area contributed by atoms with E-state index >= 15 is 0 Å². The second-order valence-electron chi connectivity index (χ2n) is 7.82. The number of carbonyl (C=O) groups excluding carboxylic acids is 2. The van der Waals surface area contributed by atoms with E-state index in [2.05, 4.69) is 28.2 Å². The number of aromatic nitrogens is 1. The molecule has 4 rings (SSSR count). The maximum atomic E-state index is 13.1. The van der Waals surface area contributed by atoms with E-state index < -0.39 is 0 Å². The number of benzene rings is 1. The fourth-order valence-electron chi connectivity index (χ4n) is 4.10. The van der Waals surface area contributed by atoms with Crippen molar-refractivity contribution >= 4 is 23.4 Å². The van der Waals surface area contributed by atoms with Crippen LogP contribution >= 0.6 is 0 Å². The molecule has 0 atom stereocenters. The Morgan fingerprint density at radius 2 is 1.76 bits per heavy atom. The highest BCUT2D eigenvalue weighted by atomic mass is 16.2. The Labute approximate surface area is 171 Å². The maximum Gasteiger partial charge on any atom is 0.321 e. The van der Waals surface area contributed by atoms with Crippen LogP contribution in [-0.4, -0.2) is 61.1 Å². The average Bonchev–Trinajstić information content (AvgIpc) is 3.13. The number of rotatable bonds is 3. The van der Waals surface area contributed by atoms with Crippen LogP contribution in [0.3, 0.4) is 0 Å². The molecule has 0 bridgehead atoms. The Kier molecular flexibility index (Phi) is 5.13. The van der Waals surface area contributed by atoms with E-state index in [9.17, 15) is 9.59 Å². The molecular formula is C22H27N5O2. The molecule has 3 amide bonds. The first-order valence-corrected chi connectivity index (χ1v) is 10.1. The summed E-state index contributed by atoms with van der Waals surface area (Å²) in [6.07, 6.45) is 1.89. The van der Waals surface area contributed by atoms with Crippen molar-refractivity contribution in [2.75, 3.05) is 49.1 Å². The van der Waals surface area contributed by atoms with Gasteiger partial charge in [-0.05, 0) is 55.7 Å². The highest BCUT2D eigenvalue weighted by Gasteiger charge is 2.26. The van der Waals surface area contributed by atoms with Crippen LogP contribution in [0.2, 0.25) is 0 Å². The largest absolute Gasteiger partial charge is 0.353 e. The molecular weight excluding hydrogens is 366 g/mol. The second-order valence-corrected chi connectivity index (χ2v) is 7.82. The van der Waals surface area contributed by atoms with Gasteiger partial charge in [0.25, 0.3) is 5.91 Å². The minimum absolute atomic E-state index is 0.0492. The molecule has 1 aromatic heterocycles. The van der Waals surface area contributed by atoms with Gasteiger partial charge < -0.3 is 15.1 Å². The summed E-state index contributed by atoms with van der Waals surface area (Å²) < 4.78 is 0. The number of carbonyl (C=O) groups is 2. The van der Waals surface area contributed by atoms with E-state index in [1.807, 2.05) is 43.1 Å². The van der Waals surface area contributed by atoms with Gasteiger partial charge >= 0.3 is 6.03 Å². The minimum atomic E-state index is -0.0837. The van der Waals surface area contributed by atoms with Crippen molar-refractivity contribution in [2.24, 2.45) is 0 Å². The van der Waals surface area contributed by atoms with E-state index in [4.69, 9.17) is 0 Å². The standard InChI is InChI=1S/C22H27N5O2/c1-15-12-17(3)20(24-14-15)25-8-10-26(11-9-25)21(28)19-5-4-18(13-16(19)2)27-7-6-23-22(27)29/h4-5,12-14H,6-11H2,1-3H3,(H,23,29). The quantitative estimate of drug-likeness (QED) is 0.870.